The summed E-state index contributed by atoms with van der Waals surface area (Å²) in [4.78, 5) is 29.9. The van der Waals surface area contributed by atoms with Crippen LogP contribution < -0.4 is 15.8 Å². The van der Waals surface area contributed by atoms with Crippen molar-refractivity contribution in [3.05, 3.63) is 30.5 Å². The normalized spacial score (nSPS) is 17.5. The van der Waals surface area contributed by atoms with E-state index < -0.39 is 0 Å². The first-order valence-electron chi connectivity index (χ1n) is 7.87. The number of primary amides is 1. The lowest BCUT2D eigenvalue weighted by atomic mass is 9.98. The Labute approximate surface area is 139 Å². The summed E-state index contributed by atoms with van der Waals surface area (Å²) in [5.74, 6) is 0.0576. The molecule has 1 aromatic heterocycles. The molecule has 2 aromatic rings. The molecule has 3 N–H and O–H groups in total. The summed E-state index contributed by atoms with van der Waals surface area (Å²) >= 11 is 0. The van der Waals surface area contributed by atoms with E-state index in [1.165, 1.54) is 0 Å². The van der Waals surface area contributed by atoms with Gasteiger partial charge in [-0.2, -0.15) is 0 Å². The van der Waals surface area contributed by atoms with Crippen LogP contribution in [0.2, 0.25) is 0 Å². The highest BCUT2D eigenvalue weighted by Gasteiger charge is 2.27. The summed E-state index contributed by atoms with van der Waals surface area (Å²) in [6.07, 6.45) is 3.16. The average molecular weight is 328 g/mol. The van der Waals surface area contributed by atoms with Gasteiger partial charge in [0.1, 0.15) is 5.75 Å². The number of urea groups is 1. The highest BCUT2D eigenvalue weighted by atomic mass is 16.5. The third kappa shape index (κ3) is 3.10. The molecule has 3 amide bonds. The summed E-state index contributed by atoms with van der Waals surface area (Å²) in [7, 11) is 1.59. The van der Waals surface area contributed by atoms with Crippen LogP contribution >= 0.6 is 0 Å². The van der Waals surface area contributed by atoms with E-state index in [0.29, 0.717) is 30.0 Å². The molecule has 7 heteroatoms. The van der Waals surface area contributed by atoms with Gasteiger partial charge in [-0.05, 0) is 37.1 Å². The fraction of sp³-hybridized carbons (Fsp3) is 0.353. The van der Waals surface area contributed by atoms with Crippen LogP contribution in [0.4, 0.5) is 10.5 Å². The topological polar surface area (TPSA) is 97.5 Å². The number of piperidine rings is 1. The van der Waals surface area contributed by atoms with E-state index in [1.807, 2.05) is 12.1 Å². The van der Waals surface area contributed by atoms with E-state index in [-0.39, 0.29) is 17.9 Å². The zero-order valence-corrected chi connectivity index (χ0v) is 13.5. The molecule has 24 heavy (non-hydrogen) atoms. The van der Waals surface area contributed by atoms with E-state index >= 15 is 0 Å². The predicted molar refractivity (Wildman–Crippen MR) is 90.8 cm³/mol. The Bertz CT molecular complexity index is 778. The van der Waals surface area contributed by atoms with Gasteiger partial charge in [0.15, 0.2) is 0 Å². The van der Waals surface area contributed by atoms with Gasteiger partial charge in [0.05, 0.1) is 24.2 Å². The van der Waals surface area contributed by atoms with Crippen molar-refractivity contribution in [2.24, 2.45) is 11.7 Å². The van der Waals surface area contributed by atoms with Gasteiger partial charge in [-0.3, -0.25) is 9.78 Å². The molecule has 1 fully saturated rings. The zero-order valence-electron chi connectivity index (χ0n) is 13.5. The maximum atomic E-state index is 12.5. The first kappa shape index (κ1) is 16.0. The van der Waals surface area contributed by atoms with Crippen LogP contribution in [0.3, 0.4) is 0 Å². The third-order valence-electron chi connectivity index (χ3n) is 4.30. The number of likely N-dealkylation sites (tertiary alicyclic amines) is 1. The summed E-state index contributed by atoms with van der Waals surface area (Å²) in [5, 5.41) is 3.71. The van der Waals surface area contributed by atoms with Crippen molar-refractivity contribution < 1.29 is 14.3 Å². The van der Waals surface area contributed by atoms with Crippen molar-refractivity contribution in [3.63, 3.8) is 0 Å². The Balaban J connectivity index is 1.82. The van der Waals surface area contributed by atoms with Crippen LogP contribution in [0.1, 0.15) is 12.8 Å². The number of carbonyl (C=O) groups is 2. The van der Waals surface area contributed by atoms with Gasteiger partial charge < -0.3 is 20.7 Å². The van der Waals surface area contributed by atoms with Gasteiger partial charge in [0.2, 0.25) is 5.91 Å². The maximum absolute atomic E-state index is 12.5. The minimum absolute atomic E-state index is 0.252. The molecule has 1 aliphatic rings. The molecule has 1 atom stereocenters. The highest BCUT2D eigenvalue weighted by Crippen LogP contribution is 2.30. The van der Waals surface area contributed by atoms with Gasteiger partial charge >= 0.3 is 6.03 Å². The Morgan fingerprint density at radius 3 is 2.96 bits per heavy atom. The number of amides is 3. The van der Waals surface area contributed by atoms with Crippen LogP contribution in [-0.4, -0.2) is 42.0 Å². The molecule has 0 aliphatic carbocycles. The molecule has 1 saturated heterocycles. The standard InChI is InChI=1S/C17H20N4O3/c1-24-14-7-6-13(15-12(14)5-2-8-19-15)20-17(23)21-9-3-4-11(10-21)16(18)22/h2,5-8,11H,3-4,9-10H2,1H3,(H2,18,22)(H,20,23). The van der Waals surface area contributed by atoms with E-state index in [4.69, 9.17) is 10.5 Å². The van der Waals surface area contributed by atoms with Crippen molar-refractivity contribution >= 4 is 28.5 Å². The van der Waals surface area contributed by atoms with Crippen molar-refractivity contribution in [1.82, 2.24) is 9.88 Å². The van der Waals surface area contributed by atoms with Gasteiger partial charge in [0.25, 0.3) is 0 Å². The number of anilines is 1. The second-order valence-corrected chi connectivity index (χ2v) is 5.83. The van der Waals surface area contributed by atoms with Crippen LogP contribution in [0, 0.1) is 5.92 Å². The Morgan fingerprint density at radius 2 is 2.21 bits per heavy atom. The molecule has 7 nitrogen and oxygen atoms in total. The lowest BCUT2D eigenvalue weighted by Crippen LogP contribution is -2.45. The Kier molecular flexibility index (Phi) is 4.50. The van der Waals surface area contributed by atoms with Gasteiger partial charge in [-0.25, -0.2) is 4.79 Å². The molecular weight excluding hydrogens is 308 g/mol. The first-order chi connectivity index (χ1) is 11.6. The molecule has 0 bridgehead atoms. The second kappa shape index (κ2) is 6.74. The molecule has 0 radical (unpaired) electrons. The predicted octanol–water partition coefficient (Wildman–Crippen LogP) is 1.97. The molecule has 3 rings (SSSR count). The number of aromatic nitrogens is 1. The SMILES string of the molecule is COc1ccc(NC(=O)N2CCCC(C(N)=O)C2)c2ncccc12. The van der Waals surface area contributed by atoms with Crippen molar-refractivity contribution in [1.29, 1.82) is 0 Å². The minimum Gasteiger partial charge on any atom is -0.496 e. The number of fused-ring (bicyclic) bond motifs is 1. The number of nitrogens with two attached hydrogens (primary N) is 1. The lowest BCUT2D eigenvalue weighted by Gasteiger charge is -2.31. The summed E-state index contributed by atoms with van der Waals surface area (Å²) < 4.78 is 5.33. The molecule has 2 heterocycles. The number of pyridine rings is 1. The van der Waals surface area contributed by atoms with Crippen molar-refractivity contribution in [3.8, 4) is 5.75 Å². The number of carbonyl (C=O) groups excluding carboxylic acids is 2. The summed E-state index contributed by atoms with van der Waals surface area (Å²) in [6, 6.07) is 7.02. The molecule has 1 aromatic carbocycles. The Hall–Kier alpha value is -2.83. The van der Waals surface area contributed by atoms with E-state index in [2.05, 4.69) is 10.3 Å². The monoisotopic (exact) mass is 328 g/mol. The molecule has 1 aliphatic heterocycles. The van der Waals surface area contributed by atoms with Crippen molar-refractivity contribution in [2.75, 3.05) is 25.5 Å². The highest BCUT2D eigenvalue weighted by molar-refractivity contribution is 6.01. The molecule has 0 saturated carbocycles. The number of hydrogen-bond donors (Lipinski definition) is 2. The number of ether oxygens (including phenoxy) is 1. The zero-order chi connectivity index (χ0) is 17.1. The van der Waals surface area contributed by atoms with Gasteiger partial charge in [-0.1, -0.05) is 0 Å². The number of rotatable bonds is 3. The lowest BCUT2D eigenvalue weighted by molar-refractivity contribution is -0.123. The number of nitrogens with one attached hydrogen (secondary N) is 1. The van der Waals surface area contributed by atoms with E-state index in [1.54, 1.807) is 30.3 Å². The third-order valence-corrected chi connectivity index (χ3v) is 4.30. The van der Waals surface area contributed by atoms with Crippen LogP contribution in [-0.2, 0) is 4.79 Å². The fourth-order valence-corrected chi connectivity index (χ4v) is 3.01. The number of nitrogens with zero attached hydrogens (tertiary/aromatic N) is 2. The first-order valence-corrected chi connectivity index (χ1v) is 7.87. The van der Waals surface area contributed by atoms with Gasteiger partial charge in [0, 0.05) is 24.7 Å². The van der Waals surface area contributed by atoms with Crippen molar-refractivity contribution in [2.45, 2.75) is 12.8 Å². The number of hydrogen-bond acceptors (Lipinski definition) is 4. The molecular formula is C17H20N4O3. The molecule has 126 valence electrons. The number of methoxy groups -OCH3 is 1. The largest absolute Gasteiger partial charge is 0.496 e. The molecule has 0 spiro atoms. The van der Waals surface area contributed by atoms with Crippen LogP contribution in [0.5, 0.6) is 5.75 Å². The average Bonchev–Trinajstić information content (AvgIpc) is 2.62. The van der Waals surface area contributed by atoms with Crippen LogP contribution in [0.25, 0.3) is 10.9 Å². The Morgan fingerprint density at radius 1 is 1.38 bits per heavy atom. The second-order valence-electron chi connectivity index (χ2n) is 5.83. The fourth-order valence-electron chi connectivity index (χ4n) is 3.01. The smallest absolute Gasteiger partial charge is 0.321 e. The van der Waals surface area contributed by atoms with E-state index in [0.717, 1.165) is 18.2 Å². The number of benzene rings is 1. The minimum atomic E-state index is -0.357. The quantitative estimate of drug-likeness (QED) is 0.900. The van der Waals surface area contributed by atoms with Crippen LogP contribution in [0.15, 0.2) is 30.5 Å². The summed E-state index contributed by atoms with van der Waals surface area (Å²) in [5.41, 5.74) is 6.64. The summed E-state index contributed by atoms with van der Waals surface area (Å²) in [6.45, 7) is 0.958. The van der Waals surface area contributed by atoms with E-state index in [9.17, 15) is 9.59 Å². The molecule has 1 unspecified atom stereocenters. The maximum Gasteiger partial charge on any atom is 0.321 e. The van der Waals surface area contributed by atoms with Gasteiger partial charge in [-0.15, -0.1) is 0 Å².